The van der Waals surface area contributed by atoms with Gasteiger partial charge in [0, 0.05) is 23.8 Å². The smallest absolute Gasteiger partial charge is 0.0357 e. The Bertz CT molecular complexity index is 672. The molecular formula is C17H16N2. The van der Waals surface area contributed by atoms with Gasteiger partial charge in [-0.1, -0.05) is 54.6 Å². The lowest BCUT2D eigenvalue weighted by molar-refractivity contribution is 0.724. The summed E-state index contributed by atoms with van der Waals surface area (Å²) in [5, 5.41) is 2.34. The van der Waals surface area contributed by atoms with Crippen LogP contribution in [0.15, 0.2) is 67.0 Å². The highest BCUT2D eigenvalue weighted by Crippen LogP contribution is 2.24. The van der Waals surface area contributed by atoms with E-state index in [0.29, 0.717) is 0 Å². The third-order valence-corrected chi connectivity index (χ3v) is 3.40. The van der Waals surface area contributed by atoms with E-state index in [4.69, 9.17) is 5.73 Å². The fourth-order valence-electron chi connectivity index (χ4n) is 2.41. The maximum atomic E-state index is 6.35. The number of hydrogen-bond acceptors (Lipinski definition) is 2. The van der Waals surface area contributed by atoms with E-state index >= 15 is 0 Å². The first kappa shape index (κ1) is 11.9. The molecule has 0 aliphatic rings. The van der Waals surface area contributed by atoms with Gasteiger partial charge in [-0.25, -0.2) is 0 Å². The van der Waals surface area contributed by atoms with Crippen molar-refractivity contribution < 1.29 is 0 Å². The maximum Gasteiger partial charge on any atom is 0.0357 e. The monoisotopic (exact) mass is 248 g/mol. The van der Waals surface area contributed by atoms with Gasteiger partial charge >= 0.3 is 0 Å². The predicted octanol–water partition coefficient (Wildman–Crippen LogP) is 3.48. The molecule has 2 nitrogen and oxygen atoms in total. The van der Waals surface area contributed by atoms with Crippen molar-refractivity contribution in [3.63, 3.8) is 0 Å². The Hall–Kier alpha value is -2.19. The van der Waals surface area contributed by atoms with Crippen molar-refractivity contribution in [1.82, 2.24) is 4.98 Å². The van der Waals surface area contributed by atoms with E-state index in [0.717, 1.165) is 17.4 Å². The number of fused-ring (bicyclic) bond motifs is 1. The Morgan fingerprint density at radius 2 is 1.63 bits per heavy atom. The lowest BCUT2D eigenvalue weighted by Gasteiger charge is -2.14. The van der Waals surface area contributed by atoms with Gasteiger partial charge in [0.05, 0.1) is 0 Å². The Labute approximate surface area is 112 Å². The number of aromatic nitrogens is 1. The first-order chi connectivity index (χ1) is 9.34. The minimum absolute atomic E-state index is 0.0269. The number of nitrogens with two attached hydrogens (primary N) is 1. The molecule has 3 aromatic rings. The molecular weight excluding hydrogens is 232 g/mol. The van der Waals surface area contributed by atoms with Crippen LogP contribution in [0, 0.1) is 0 Å². The second-order valence-electron chi connectivity index (χ2n) is 4.75. The van der Waals surface area contributed by atoms with E-state index in [9.17, 15) is 0 Å². The van der Waals surface area contributed by atoms with E-state index in [2.05, 4.69) is 29.2 Å². The van der Waals surface area contributed by atoms with Crippen molar-refractivity contribution in [2.45, 2.75) is 12.5 Å². The molecule has 0 fully saturated rings. The van der Waals surface area contributed by atoms with Crippen LogP contribution in [0.2, 0.25) is 0 Å². The number of nitrogens with zero attached hydrogens (tertiary/aromatic N) is 1. The van der Waals surface area contributed by atoms with Crippen LogP contribution in [0.25, 0.3) is 10.8 Å². The van der Waals surface area contributed by atoms with E-state index < -0.39 is 0 Å². The van der Waals surface area contributed by atoms with Gasteiger partial charge in [0.25, 0.3) is 0 Å². The minimum atomic E-state index is -0.0269. The fraction of sp³-hybridized carbons (Fsp3) is 0.118. The van der Waals surface area contributed by atoms with Crippen LogP contribution < -0.4 is 5.73 Å². The van der Waals surface area contributed by atoms with Crippen molar-refractivity contribution in [3.05, 3.63) is 78.1 Å². The molecule has 94 valence electrons. The fourth-order valence-corrected chi connectivity index (χ4v) is 2.41. The van der Waals surface area contributed by atoms with E-state index in [1.807, 2.05) is 42.7 Å². The molecule has 2 aromatic carbocycles. The molecule has 19 heavy (non-hydrogen) atoms. The minimum Gasteiger partial charge on any atom is -0.324 e. The molecule has 3 rings (SSSR count). The van der Waals surface area contributed by atoms with Crippen LogP contribution in [-0.4, -0.2) is 4.98 Å². The summed E-state index contributed by atoms with van der Waals surface area (Å²) in [4.78, 5) is 4.30. The zero-order valence-electron chi connectivity index (χ0n) is 10.7. The highest BCUT2D eigenvalue weighted by Gasteiger charge is 2.10. The van der Waals surface area contributed by atoms with Gasteiger partial charge in [0.15, 0.2) is 0 Å². The predicted molar refractivity (Wildman–Crippen MR) is 78.8 cm³/mol. The lowest BCUT2D eigenvalue weighted by atomic mass is 9.97. The van der Waals surface area contributed by atoms with Gasteiger partial charge in [0.1, 0.15) is 0 Å². The molecule has 0 aliphatic carbocycles. The molecule has 1 aromatic heterocycles. The largest absolute Gasteiger partial charge is 0.324 e. The molecule has 0 saturated carbocycles. The Kier molecular flexibility index (Phi) is 3.25. The Balaban J connectivity index is 1.96. The van der Waals surface area contributed by atoms with Crippen molar-refractivity contribution >= 4 is 10.8 Å². The number of pyridine rings is 1. The number of rotatable bonds is 3. The second kappa shape index (κ2) is 5.21. The highest BCUT2D eigenvalue weighted by molar-refractivity contribution is 5.85. The molecule has 2 N–H and O–H groups in total. The third kappa shape index (κ3) is 2.49. The van der Waals surface area contributed by atoms with Gasteiger partial charge in [-0.05, 0) is 22.9 Å². The normalized spacial score (nSPS) is 12.5. The summed E-state index contributed by atoms with van der Waals surface area (Å²) in [5.41, 5.74) is 8.72. The van der Waals surface area contributed by atoms with Gasteiger partial charge < -0.3 is 5.73 Å². The molecule has 1 heterocycles. The van der Waals surface area contributed by atoms with Gasteiger partial charge in [-0.15, -0.1) is 0 Å². The molecule has 0 aliphatic heterocycles. The molecule has 1 atom stereocenters. The molecule has 0 saturated heterocycles. The zero-order chi connectivity index (χ0) is 13.1. The van der Waals surface area contributed by atoms with Crippen LogP contribution in [-0.2, 0) is 6.42 Å². The summed E-state index contributed by atoms with van der Waals surface area (Å²) >= 11 is 0. The average molecular weight is 248 g/mol. The molecule has 0 bridgehead atoms. The Morgan fingerprint density at radius 1 is 0.895 bits per heavy atom. The topological polar surface area (TPSA) is 38.9 Å². The molecule has 1 unspecified atom stereocenters. The summed E-state index contributed by atoms with van der Waals surface area (Å²) in [7, 11) is 0. The van der Waals surface area contributed by atoms with Crippen LogP contribution in [0.3, 0.4) is 0 Å². The van der Waals surface area contributed by atoms with Crippen LogP contribution in [0.5, 0.6) is 0 Å². The van der Waals surface area contributed by atoms with Crippen molar-refractivity contribution in [2.24, 2.45) is 5.73 Å². The van der Waals surface area contributed by atoms with Crippen molar-refractivity contribution in [3.8, 4) is 0 Å². The highest BCUT2D eigenvalue weighted by atomic mass is 14.7. The van der Waals surface area contributed by atoms with Crippen LogP contribution in [0.4, 0.5) is 0 Å². The van der Waals surface area contributed by atoms with E-state index in [-0.39, 0.29) is 6.04 Å². The summed E-state index contributed by atoms with van der Waals surface area (Å²) in [6.45, 7) is 0. The molecule has 0 spiro atoms. The van der Waals surface area contributed by atoms with Gasteiger partial charge in [0.2, 0.25) is 0 Å². The summed E-state index contributed by atoms with van der Waals surface area (Å²) in [6, 6.07) is 18.6. The molecule has 0 radical (unpaired) electrons. The Morgan fingerprint density at radius 3 is 2.47 bits per heavy atom. The van der Waals surface area contributed by atoms with Crippen LogP contribution >= 0.6 is 0 Å². The van der Waals surface area contributed by atoms with Gasteiger partial charge in [-0.3, -0.25) is 4.98 Å². The first-order valence-corrected chi connectivity index (χ1v) is 6.47. The van der Waals surface area contributed by atoms with E-state index in [1.54, 1.807) is 0 Å². The van der Waals surface area contributed by atoms with E-state index in [1.165, 1.54) is 10.9 Å². The lowest BCUT2D eigenvalue weighted by Crippen LogP contribution is -2.14. The SMILES string of the molecule is NC(Cc1ccccc1)c1cncc2ccccc12. The quantitative estimate of drug-likeness (QED) is 0.770. The van der Waals surface area contributed by atoms with Crippen molar-refractivity contribution in [2.75, 3.05) is 0 Å². The molecule has 0 amide bonds. The summed E-state index contributed by atoms with van der Waals surface area (Å²) in [5.74, 6) is 0. The van der Waals surface area contributed by atoms with Crippen molar-refractivity contribution in [1.29, 1.82) is 0 Å². The summed E-state index contributed by atoms with van der Waals surface area (Å²) in [6.07, 6.45) is 4.60. The summed E-state index contributed by atoms with van der Waals surface area (Å²) < 4.78 is 0. The van der Waals surface area contributed by atoms with Gasteiger partial charge in [-0.2, -0.15) is 0 Å². The standard InChI is InChI=1S/C17H16N2/c18-17(10-13-6-2-1-3-7-13)16-12-19-11-14-8-4-5-9-15(14)16/h1-9,11-12,17H,10,18H2. The third-order valence-electron chi connectivity index (χ3n) is 3.40. The average Bonchev–Trinajstić information content (AvgIpc) is 2.47. The van der Waals surface area contributed by atoms with Crippen LogP contribution in [0.1, 0.15) is 17.2 Å². The number of hydrogen-bond donors (Lipinski definition) is 1. The number of benzene rings is 2. The zero-order valence-corrected chi connectivity index (χ0v) is 10.7. The maximum absolute atomic E-state index is 6.35. The first-order valence-electron chi connectivity index (χ1n) is 6.47. The second-order valence-corrected chi connectivity index (χ2v) is 4.75. The molecule has 2 heteroatoms.